The molecule has 0 spiro atoms. The fourth-order valence-electron chi connectivity index (χ4n) is 2.34. The summed E-state index contributed by atoms with van der Waals surface area (Å²) in [6.07, 6.45) is 0.932. The van der Waals surface area contributed by atoms with E-state index in [1.54, 1.807) is 17.5 Å². The molecule has 2 aromatic carbocycles. The molecule has 25 heavy (non-hydrogen) atoms. The van der Waals surface area contributed by atoms with E-state index >= 15 is 0 Å². The smallest absolute Gasteiger partial charge is 0.267 e. The van der Waals surface area contributed by atoms with E-state index in [1.165, 1.54) is 22.8 Å². The SMILES string of the molecule is CS(=O)(=O)c1ccc(-c2csc(=O)n2-c2ccc(Cl)c(Cl)c2)cc1F. The fourth-order valence-corrected chi connectivity index (χ4v) is 4.12. The van der Waals surface area contributed by atoms with E-state index in [9.17, 15) is 17.6 Å². The third-order valence-corrected chi connectivity index (χ3v) is 6.08. The van der Waals surface area contributed by atoms with E-state index in [4.69, 9.17) is 23.2 Å². The van der Waals surface area contributed by atoms with Gasteiger partial charge in [0.1, 0.15) is 10.7 Å². The lowest BCUT2D eigenvalue weighted by molar-refractivity contribution is 0.571. The third-order valence-electron chi connectivity index (χ3n) is 3.48. The van der Waals surface area contributed by atoms with Crippen molar-refractivity contribution in [1.29, 1.82) is 0 Å². The predicted molar refractivity (Wildman–Crippen MR) is 98.4 cm³/mol. The number of aromatic nitrogens is 1. The van der Waals surface area contributed by atoms with Gasteiger partial charge in [0.25, 0.3) is 0 Å². The molecule has 0 saturated carbocycles. The van der Waals surface area contributed by atoms with Gasteiger partial charge in [-0.3, -0.25) is 9.36 Å². The van der Waals surface area contributed by atoms with E-state index in [0.717, 1.165) is 23.7 Å². The molecule has 0 radical (unpaired) electrons. The van der Waals surface area contributed by atoms with Crippen LogP contribution in [0.1, 0.15) is 0 Å². The van der Waals surface area contributed by atoms with Crippen LogP contribution in [0, 0.1) is 5.82 Å². The van der Waals surface area contributed by atoms with Crippen molar-refractivity contribution >= 4 is 44.4 Å². The molecule has 4 nitrogen and oxygen atoms in total. The first-order valence-corrected chi connectivity index (χ1v) is 10.4. The average molecular weight is 418 g/mol. The second kappa shape index (κ2) is 6.57. The number of nitrogens with zero attached hydrogens (tertiary/aromatic N) is 1. The van der Waals surface area contributed by atoms with Gasteiger partial charge in [-0.1, -0.05) is 40.6 Å². The summed E-state index contributed by atoms with van der Waals surface area (Å²) in [6.45, 7) is 0. The van der Waals surface area contributed by atoms with E-state index in [1.807, 2.05) is 0 Å². The van der Waals surface area contributed by atoms with Crippen molar-refractivity contribution in [2.45, 2.75) is 4.90 Å². The van der Waals surface area contributed by atoms with Crippen molar-refractivity contribution in [3.05, 3.63) is 67.3 Å². The lowest BCUT2D eigenvalue weighted by Crippen LogP contribution is -2.12. The highest BCUT2D eigenvalue weighted by molar-refractivity contribution is 7.90. The summed E-state index contributed by atoms with van der Waals surface area (Å²) in [5.41, 5.74) is 1.27. The zero-order valence-corrected chi connectivity index (χ0v) is 15.8. The van der Waals surface area contributed by atoms with Crippen molar-refractivity contribution in [3.8, 4) is 16.9 Å². The molecule has 130 valence electrons. The monoisotopic (exact) mass is 417 g/mol. The summed E-state index contributed by atoms with van der Waals surface area (Å²) in [4.78, 5) is 11.6. The van der Waals surface area contributed by atoms with Crippen molar-refractivity contribution in [1.82, 2.24) is 4.57 Å². The van der Waals surface area contributed by atoms with Crippen LogP contribution < -0.4 is 4.87 Å². The van der Waals surface area contributed by atoms with Gasteiger partial charge < -0.3 is 0 Å². The summed E-state index contributed by atoms with van der Waals surface area (Å²) in [7, 11) is -3.67. The molecule has 0 aliphatic carbocycles. The predicted octanol–water partition coefficient (Wildman–Crippen LogP) is 4.42. The van der Waals surface area contributed by atoms with Gasteiger partial charge in [0.15, 0.2) is 9.84 Å². The van der Waals surface area contributed by atoms with E-state index in [2.05, 4.69) is 0 Å². The molecule has 3 aromatic rings. The Hall–Kier alpha value is -1.67. The average Bonchev–Trinajstić information content (AvgIpc) is 2.90. The number of rotatable bonds is 3. The number of benzene rings is 2. The third kappa shape index (κ3) is 3.50. The van der Waals surface area contributed by atoms with Crippen LogP contribution in [0.25, 0.3) is 16.9 Å². The molecular formula is C16H10Cl2FNO3S2. The molecule has 1 aromatic heterocycles. The second-order valence-electron chi connectivity index (χ2n) is 5.24. The van der Waals surface area contributed by atoms with Gasteiger partial charge in [0, 0.05) is 17.2 Å². The molecule has 0 unspecified atom stereocenters. The van der Waals surface area contributed by atoms with Gasteiger partial charge in [0.2, 0.25) is 0 Å². The molecule has 3 rings (SSSR count). The Morgan fingerprint density at radius 3 is 2.40 bits per heavy atom. The van der Waals surface area contributed by atoms with Gasteiger partial charge in [-0.05, 0) is 30.3 Å². The highest BCUT2D eigenvalue weighted by Crippen LogP contribution is 2.29. The molecule has 0 aliphatic rings. The van der Waals surface area contributed by atoms with Crippen LogP contribution in [0.4, 0.5) is 4.39 Å². The Labute approximate surface area is 157 Å². The maximum Gasteiger partial charge on any atom is 0.312 e. The number of thiazole rings is 1. The van der Waals surface area contributed by atoms with Crippen LogP contribution >= 0.6 is 34.5 Å². The van der Waals surface area contributed by atoms with Crippen LogP contribution in [-0.2, 0) is 9.84 Å². The lowest BCUT2D eigenvalue weighted by Gasteiger charge is -2.10. The number of hydrogen-bond acceptors (Lipinski definition) is 4. The first kappa shape index (κ1) is 18.1. The maximum absolute atomic E-state index is 14.2. The van der Waals surface area contributed by atoms with Crippen LogP contribution in [0.2, 0.25) is 10.0 Å². The molecule has 0 N–H and O–H groups in total. The minimum Gasteiger partial charge on any atom is -0.267 e. The van der Waals surface area contributed by atoms with Gasteiger partial charge in [-0.25, -0.2) is 12.8 Å². The molecule has 1 heterocycles. The molecule has 0 amide bonds. The molecule has 0 bridgehead atoms. The topological polar surface area (TPSA) is 56.1 Å². The van der Waals surface area contributed by atoms with Crippen LogP contribution in [0.5, 0.6) is 0 Å². The van der Waals surface area contributed by atoms with Crippen LogP contribution in [-0.4, -0.2) is 19.2 Å². The van der Waals surface area contributed by atoms with E-state index in [0.29, 0.717) is 22.0 Å². The summed E-state index contributed by atoms with van der Waals surface area (Å²) in [5, 5.41) is 2.19. The van der Waals surface area contributed by atoms with Crippen molar-refractivity contribution < 1.29 is 12.8 Å². The minimum atomic E-state index is -3.67. The quantitative estimate of drug-likeness (QED) is 0.633. The zero-order valence-electron chi connectivity index (χ0n) is 12.7. The Balaban J connectivity index is 2.19. The summed E-state index contributed by atoms with van der Waals surface area (Å²) < 4.78 is 38.6. The second-order valence-corrected chi connectivity index (χ2v) is 8.86. The molecular weight excluding hydrogens is 408 g/mol. The van der Waals surface area contributed by atoms with Gasteiger partial charge in [-0.15, -0.1) is 0 Å². The Bertz CT molecular complexity index is 1140. The standard InChI is InChI=1S/C16H10Cl2FNO3S2/c1-25(22,23)15-5-2-9(6-13(15)19)14-8-24-16(21)20(14)10-3-4-11(17)12(18)7-10/h2-8H,1H3. The number of halogens is 3. The van der Waals surface area contributed by atoms with Gasteiger partial charge >= 0.3 is 4.87 Å². The largest absolute Gasteiger partial charge is 0.312 e. The first-order valence-electron chi connectivity index (χ1n) is 6.84. The van der Waals surface area contributed by atoms with Crippen molar-refractivity contribution in [2.75, 3.05) is 6.26 Å². The molecule has 0 saturated heterocycles. The van der Waals surface area contributed by atoms with E-state index in [-0.39, 0.29) is 9.90 Å². The van der Waals surface area contributed by atoms with E-state index < -0.39 is 20.5 Å². The Morgan fingerprint density at radius 1 is 1.08 bits per heavy atom. The van der Waals surface area contributed by atoms with Crippen LogP contribution in [0.3, 0.4) is 0 Å². The number of hydrogen-bond donors (Lipinski definition) is 0. The summed E-state index contributed by atoms with van der Waals surface area (Å²) in [6, 6.07) is 8.43. The Kier molecular flexibility index (Phi) is 4.76. The molecule has 0 aliphatic heterocycles. The minimum absolute atomic E-state index is 0.279. The van der Waals surface area contributed by atoms with Gasteiger partial charge in [-0.2, -0.15) is 0 Å². The zero-order chi connectivity index (χ0) is 18.4. The molecule has 9 heteroatoms. The van der Waals surface area contributed by atoms with Crippen molar-refractivity contribution in [3.63, 3.8) is 0 Å². The molecule has 0 atom stereocenters. The van der Waals surface area contributed by atoms with Gasteiger partial charge in [0.05, 0.1) is 21.4 Å². The Morgan fingerprint density at radius 2 is 1.80 bits per heavy atom. The maximum atomic E-state index is 14.2. The van der Waals surface area contributed by atoms with Crippen molar-refractivity contribution in [2.24, 2.45) is 0 Å². The normalized spacial score (nSPS) is 11.7. The summed E-state index contributed by atoms with van der Waals surface area (Å²) in [5.74, 6) is -0.876. The lowest BCUT2D eigenvalue weighted by atomic mass is 10.1. The summed E-state index contributed by atoms with van der Waals surface area (Å²) >= 11 is 12.8. The molecule has 0 fully saturated rings. The first-order chi connectivity index (χ1) is 11.7. The highest BCUT2D eigenvalue weighted by atomic mass is 35.5. The highest BCUT2D eigenvalue weighted by Gasteiger charge is 2.17. The van der Waals surface area contributed by atoms with Crippen LogP contribution in [0.15, 0.2) is 51.5 Å². The number of sulfone groups is 1. The fraction of sp³-hybridized carbons (Fsp3) is 0.0625.